The van der Waals surface area contributed by atoms with Gasteiger partial charge in [-0.3, -0.25) is 9.48 Å². The third kappa shape index (κ3) is 3.82. The van der Waals surface area contributed by atoms with Gasteiger partial charge in [-0.15, -0.1) is 0 Å². The highest BCUT2D eigenvalue weighted by Crippen LogP contribution is 2.28. The first-order chi connectivity index (χ1) is 15.1. The van der Waals surface area contributed by atoms with E-state index in [4.69, 9.17) is 4.98 Å². The van der Waals surface area contributed by atoms with Gasteiger partial charge in [-0.1, -0.05) is 25.1 Å². The topological polar surface area (TPSA) is 70.4 Å². The first-order valence-electron chi connectivity index (χ1n) is 11.1. The molecule has 5 rings (SSSR count). The predicted molar refractivity (Wildman–Crippen MR) is 121 cm³/mol. The number of aromatic nitrogens is 4. The fourth-order valence-electron chi connectivity index (χ4n) is 4.51. The van der Waals surface area contributed by atoms with E-state index in [1.807, 2.05) is 36.3 Å². The van der Waals surface area contributed by atoms with Crippen LogP contribution in [0.25, 0.3) is 11.0 Å². The standard InChI is InChI=1S/C23H29N7O/c1-17-8-10-29(11-9-17)22-19-16-24-27(2)21(19)25-20(26-22)23(31)30-14-12-28(13-15-30)18-6-4-3-5-7-18/h3-7,16-17H,8-15H2,1-2H3. The Labute approximate surface area is 182 Å². The Morgan fingerprint density at radius 3 is 2.35 bits per heavy atom. The molecule has 0 atom stereocenters. The normalized spacial score (nSPS) is 18.1. The van der Waals surface area contributed by atoms with Crippen molar-refractivity contribution in [3.63, 3.8) is 0 Å². The molecule has 4 heterocycles. The molecule has 0 spiro atoms. The van der Waals surface area contributed by atoms with E-state index in [9.17, 15) is 4.79 Å². The summed E-state index contributed by atoms with van der Waals surface area (Å²) in [5, 5.41) is 5.30. The van der Waals surface area contributed by atoms with Gasteiger partial charge in [0.25, 0.3) is 5.91 Å². The summed E-state index contributed by atoms with van der Waals surface area (Å²) in [5.41, 5.74) is 1.92. The van der Waals surface area contributed by atoms with E-state index >= 15 is 0 Å². The number of benzene rings is 1. The molecule has 0 radical (unpaired) electrons. The molecule has 1 amide bonds. The van der Waals surface area contributed by atoms with Crippen LogP contribution < -0.4 is 9.80 Å². The summed E-state index contributed by atoms with van der Waals surface area (Å²) in [4.78, 5) is 29.2. The van der Waals surface area contributed by atoms with Crippen LogP contribution in [0.15, 0.2) is 36.5 Å². The van der Waals surface area contributed by atoms with Crippen molar-refractivity contribution in [2.45, 2.75) is 19.8 Å². The number of carbonyl (C=O) groups is 1. The number of amides is 1. The second kappa shape index (κ2) is 8.17. The van der Waals surface area contributed by atoms with Crippen LogP contribution in [0, 0.1) is 5.92 Å². The van der Waals surface area contributed by atoms with Crippen LogP contribution in [-0.4, -0.2) is 69.8 Å². The van der Waals surface area contributed by atoms with Gasteiger partial charge >= 0.3 is 0 Å². The maximum Gasteiger partial charge on any atom is 0.291 e. The Morgan fingerprint density at radius 1 is 0.935 bits per heavy atom. The molecule has 8 nitrogen and oxygen atoms in total. The number of carbonyl (C=O) groups excluding carboxylic acids is 1. The molecular weight excluding hydrogens is 390 g/mol. The number of nitrogens with zero attached hydrogens (tertiary/aromatic N) is 7. The van der Waals surface area contributed by atoms with Crippen LogP contribution in [-0.2, 0) is 7.05 Å². The van der Waals surface area contributed by atoms with Gasteiger partial charge in [0.1, 0.15) is 5.82 Å². The summed E-state index contributed by atoms with van der Waals surface area (Å²) >= 11 is 0. The van der Waals surface area contributed by atoms with Gasteiger partial charge in [0, 0.05) is 52.0 Å². The maximum atomic E-state index is 13.3. The number of hydrogen-bond acceptors (Lipinski definition) is 6. The molecule has 3 aromatic rings. The van der Waals surface area contributed by atoms with Crippen LogP contribution >= 0.6 is 0 Å². The minimum absolute atomic E-state index is 0.0950. The number of rotatable bonds is 3. The molecule has 0 N–H and O–H groups in total. The molecule has 2 saturated heterocycles. The van der Waals surface area contributed by atoms with E-state index < -0.39 is 0 Å². The van der Waals surface area contributed by atoms with E-state index in [0.717, 1.165) is 61.8 Å². The van der Waals surface area contributed by atoms with E-state index in [-0.39, 0.29) is 11.7 Å². The largest absolute Gasteiger partial charge is 0.368 e. The van der Waals surface area contributed by atoms with Gasteiger partial charge in [0.2, 0.25) is 5.82 Å². The summed E-state index contributed by atoms with van der Waals surface area (Å²) in [5.74, 6) is 1.75. The van der Waals surface area contributed by atoms with Crippen molar-refractivity contribution in [3.8, 4) is 0 Å². The van der Waals surface area contributed by atoms with E-state index in [2.05, 4.69) is 38.9 Å². The molecule has 0 aliphatic carbocycles. The smallest absolute Gasteiger partial charge is 0.291 e. The van der Waals surface area contributed by atoms with E-state index in [1.54, 1.807) is 4.68 Å². The fourth-order valence-corrected chi connectivity index (χ4v) is 4.51. The lowest BCUT2D eigenvalue weighted by molar-refractivity contribution is 0.0735. The van der Waals surface area contributed by atoms with Crippen molar-refractivity contribution in [1.29, 1.82) is 0 Å². The number of para-hydroxylation sites is 1. The number of hydrogen-bond donors (Lipinski definition) is 0. The highest BCUT2D eigenvalue weighted by atomic mass is 16.2. The van der Waals surface area contributed by atoms with Crippen molar-refractivity contribution < 1.29 is 4.79 Å². The average molecular weight is 420 g/mol. The van der Waals surface area contributed by atoms with Gasteiger partial charge in [0.15, 0.2) is 5.65 Å². The monoisotopic (exact) mass is 419 g/mol. The average Bonchev–Trinajstić information content (AvgIpc) is 3.20. The molecule has 2 aromatic heterocycles. The molecule has 2 aliphatic heterocycles. The zero-order valence-corrected chi connectivity index (χ0v) is 18.2. The Morgan fingerprint density at radius 2 is 1.65 bits per heavy atom. The summed E-state index contributed by atoms with van der Waals surface area (Å²) in [6, 6.07) is 10.3. The second-order valence-electron chi connectivity index (χ2n) is 8.66. The van der Waals surface area contributed by atoms with Gasteiger partial charge in [-0.25, -0.2) is 9.97 Å². The molecular formula is C23H29N7O. The number of fused-ring (bicyclic) bond motifs is 1. The Hall–Kier alpha value is -3.16. The molecule has 1 aromatic carbocycles. The molecule has 2 aliphatic rings. The third-order valence-corrected chi connectivity index (χ3v) is 6.53. The van der Waals surface area contributed by atoms with Crippen molar-refractivity contribution >= 4 is 28.4 Å². The Balaban J connectivity index is 1.38. The SMILES string of the molecule is CC1CCN(c2nc(C(=O)N3CCN(c4ccccc4)CC3)nc3c2cnn3C)CC1. The summed E-state index contributed by atoms with van der Waals surface area (Å²) < 4.78 is 1.73. The lowest BCUT2D eigenvalue weighted by atomic mass is 9.99. The molecule has 31 heavy (non-hydrogen) atoms. The van der Waals surface area contributed by atoms with Gasteiger partial charge in [-0.2, -0.15) is 5.10 Å². The predicted octanol–water partition coefficient (Wildman–Crippen LogP) is 2.56. The first kappa shape index (κ1) is 19.8. The van der Waals surface area contributed by atoms with Crippen molar-refractivity contribution in [1.82, 2.24) is 24.6 Å². The van der Waals surface area contributed by atoms with Gasteiger partial charge in [0.05, 0.1) is 11.6 Å². The van der Waals surface area contributed by atoms with E-state index in [1.165, 1.54) is 5.69 Å². The van der Waals surface area contributed by atoms with Crippen molar-refractivity contribution in [3.05, 3.63) is 42.4 Å². The molecule has 0 bridgehead atoms. The molecule has 8 heteroatoms. The summed E-state index contributed by atoms with van der Waals surface area (Å²) in [6.45, 7) is 7.13. The van der Waals surface area contributed by atoms with Crippen LogP contribution in [0.1, 0.15) is 30.4 Å². The fraction of sp³-hybridized carbons (Fsp3) is 0.478. The number of piperidine rings is 1. The highest BCUT2D eigenvalue weighted by molar-refractivity contribution is 5.95. The molecule has 162 valence electrons. The first-order valence-corrected chi connectivity index (χ1v) is 11.1. The molecule has 0 unspecified atom stereocenters. The van der Waals surface area contributed by atoms with Crippen LogP contribution in [0.4, 0.5) is 11.5 Å². The minimum atomic E-state index is -0.0950. The van der Waals surface area contributed by atoms with Crippen molar-refractivity contribution in [2.24, 2.45) is 13.0 Å². The lowest BCUT2D eigenvalue weighted by Crippen LogP contribution is -2.49. The van der Waals surface area contributed by atoms with E-state index in [0.29, 0.717) is 13.1 Å². The zero-order valence-electron chi connectivity index (χ0n) is 18.2. The van der Waals surface area contributed by atoms with Crippen molar-refractivity contribution in [2.75, 3.05) is 49.1 Å². The Bertz CT molecular complexity index is 1060. The molecule has 2 fully saturated rings. The van der Waals surface area contributed by atoms with Crippen LogP contribution in [0.2, 0.25) is 0 Å². The van der Waals surface area contributed by atoms with Gasteiger partial charge < -0.3 is 14.7 Å². The summed E-state index contributed by atoms with van der Waals surface area (Å²) in [6.07, 6.45) is 4.09. The highest BCUT2D eigenvalue weighted by Gasteiger charge is 2.27. The minimum Gasteiger partial charge on any atom is -0.368 e. The quantitative estimate of drug-likeness (QED) is 0.650. The third-order valence-electron chi connectivity index (χ3n) is 6.53. The second-order valence-corrected chi connectivity index (χ2v) is 8.66. The number of aryl methyl sites for hydroxylation is 1. The number of anilines is 2. The number of piperazine rings is 1. The van der Waals surface area contributed by atoms with Crippen LogP contribution in [0.5, 0.6) is 0 Å². The Kier molecular flexibility index (Phi) is 5.21. The maximum absolute atomic E-state index is 13.3. The van der Waals surface area contributed by atoms with Gasteiger partial charge in [-0.05, 0) is 30.9 Å². The lowest BCUT2D eigenvalue weighted by Gasteiger charge is -2.36. The van der Waals surface area contributed by atoms with Crippen LogP contribution in [0.3, 0.4) is 0 Å². The zero-order chi connectivity index (χ0) is 21.4. The molecule has 0 saturated carbocycles. The summed E-state index contributed by atoms with van der Waals surface area (Å²) in [7, 11) is 1.87.